The molecule has 0 aliphatic rings. The normalized spacial score (nSPS) is 11.9. The average Bonchev–Trinajstić information content (AvgIpc) is 3.13. The van der Waals surface area contributed by atoms with Crippen LogP contribution in [0.2, 0.25) is 0 Å². The van der Waals surface area contributed by atoms with Crippen molar-refractivity contribution in [1.82, 2.24) is 14.1 Å². The van der Waals surface area contributed by atoms with E-state index in [2.05, 4.69) is 9.71 Å². The van der Waals surface area contributed by atoms with Crippen molar-refractivity contribution in [2.45, 2.75) is 6.61 Å². The Morgan fingerprint density at radius 3 is 2.85 bits per heavy atom. The molecule has 2 heterocycles. The highest BCUT2D eigenvalue weighted by Crippen LogP contribution is 2.07. The molecule has 3 rings (SSSR count). The molecule has 2 aromatic heterocycles. The second-order valence-corrected chi connectivity index (χ2v) is 7.91. The molecule has 0 fully saturated rings. The number of nitrogens with zero attached hydrogens (tertiary/aromatic N) is 2. The molecule has 0 aliphatic heterocycles. The van der Waals surface area contributed by atoms with Crippen LogP contribution in [-0.4, -0.2) is 30.3 Å². The van der Waals surface area contributed by atoms with Crippen LogP contribution in [0.4, 0.5) is 0 Å². The lowest BCUT2D eigenvalue weighted by molar-refractivity contribution is -0.143. The summed E-state index contributed by atoms with van der Waals surface area (Å²) in [7, 11) is -3.78. The minimum Gasteiger partial charge on any atom is -0.458 e. The Labute approximate surface area is 158 Å². The molecule has 0 amide bonds. The monoisotopic (exact) mass is 405 g/mol. The van der Waals surface area contributed by atoms with Crippen LogP contribution in [0.15, 0.2) is 58.2 Å². The van der Waals surface area contributed by atoms with Gasteiger partial charge in [-0.05, 0) is 11.6 Å². The fourth-order valence-electron chi connectivity index (χ4n) is 2.11. The Hall–Kier alpha value is -2.82. The van der Waals surface area contributed by atoms with E-state index in [-0.39, 0.29) is 12.2 Å². The molecular formula is C17H15N3O5S2. The Balaban J connectivity index is 1.52. The molecule has 10 heteroatoms. The highest BCUT2D eigenvalue weighted by atomic mass is 32.2. The van der Waals surface area contributed by atoms with Crippen LogP contribution in [0, 0.1) is 0 Å². The van der Waals surface area contributed by atoms with Crippen LogP contribution in [0.3, 0.4) is 0 Å². The van der Waals surface area contributed by atoms with Gasteiger partial charge in [0.05, 0.1) is 5.69 Å². The lowest BCUT2D eigenvalue weighted by Crippen LogP contribution is -2.29. The Morgan fingerprint density at radius 2 is 2.07 bits per heavy atom. The number of benzene rings is 1. The topological polar surface area (TPSA) is 107 Å². The van der Waals surface area contributed by atoms with Gasteiger partial charge in [-0.3, -0.25) is 14.0 Å². The van der Waals surface area contributed by atoms with Crippen LogP contribution in [0.25, 0.3) is 11.0 Å². The number of nitrogens with one attached hydrogen (secondary N) is 1. The summed E-state index contributed by atoms with van der Waals surface area (Å²) >= 11 is 1.28. The molecule has 140 valence electrons. The van der Waals surface area contributed by atoms with Gasteiger partial charge in [0.1, 0.15) is 13.2 Å². The van der Waals surface area contributed by atoms with Crippen LogP contribution >= 0.6 is 11.3 Å². The largest absolute Gasteiger partial charge is 0.458 e. The van der Waals surface area contributed by atoms with Crippen molar-refractivity contribution in [1.29, 1.82) is 0 Å². The van der Waals surface area contributed by atoms with E-state index in [0.717, 1.165) is 5.41 Å². The van der Waals surface area contributed by atoms with E-state index in [1.165, 1.54) is 27.9 Å². The molecular weight excluding hydrogens is 390 g/mol. The molecule has 0 saturated carbocycles. The highest BCUT2D eigenvalue weighted by Gasteiger charge is 2.11. The van der Waals surface area contributed by atoms with E-state index in [4.69, 9.17) is 4.74 Å². The van der Waals surface area contributed by atoms with Crippen molar-refractivity contribution in [3.8, 4) is 0 Å². The zero-order valence-corrected chi connectivity index (χ0v) is 15.6. The van der Waals surface area contributed by atoms with Crippen molar-refractivity contribution >= 4 is 38.4 Å². The third kappa shape index (κ3) is 5.33. The summed E-state index contributed by atoms with van der Waals surface area (Å²) in [5, 5.41) is 2.69. The third-order valence-electron chi connectivity index (χ3n) is 3.39. The van der Waals surface area contributed by atoms with E-state index in [9.17, 15) is 18.0 Å². The standard InChI is InChI=1S/C17H15N3O5S2/c21-15-10-14(19-17-20(15)7-8-26-17)12-25-16(22)11-18-27(23,24)9-6-13-4-2-1-3-5-13/h1-10,18H,11-12H2/b9-6+. The molecule has 0 radical (unpaired) electrons. The van der Waals surface area contributed by atoms with Crippen molar-refractivity contribution in [3.63, 3.8) is 0 Å². The van der Waals surface area contributed by atoms with Gasteiger partial charge >= 0.3 is 5.97 Å². The average molecular weight is 405 g/mol. The molecule has 0 unspecified atom stereocenters. The summed E-state index contributed by atoms with van der Waals surface area (Å²) in [6.07, 6.45) is 3.02. The van der Waals surface area contributed by atoms with Crippen molar-refractivity contribution in [2.24, 2.45) is 0 Å². The second kappa shape index (κ2) is 8.25. The fourth-order valence-corrected chi connectivity index (χ4v) is 3.60. The molecule has 1 aromatic carbocycles. The zero-order valence-electron chi connectivity index (χ0n) is 13.9. The predicted molar refractivity (Wildman–Crippen MR) is 102 cm³/mol. The summed E-state index contributed by atoms with van der Waals surface area (Å²) in [6, 6.07) is 10.1. The molecule has 0 saturated heterocycles. The van der Waals surface area contributed by atoms with Crippen LogP contribution in [-0.2, 0) is 26.2 Å². The Morgan fingerprint density at radius 1 is 1.30 bits per heavy atom. The summed E-state index contributed by atoms with van der Waals surface area (Å²) in [5.41, 5.74) is 0.730. The lowest BCUT2D eigenvalue weighted by atomic mass is 10.2. The maximum atomic E-state index is 11.9. The van der Waals surface area contributed by atoms with Gasteiger partial charge in [0.15, 0.2) is 4.96 Å². The summed E-state index contributed by atoms with van der Waals surface area (Å²) in [6.45, 7) is -0.744. The van der Waals surface area contributed by atoms with Gasteiger partial charge in [-0.2, -0.15) is 0 Å². The molecule has 27 heavy (non-hydrogen) atoms. The maximum absolute atomic E-state index is 11.9. The van der Waals surface area contributed by atoms with Crippen molar-refractivity contribution in [3.05, 3.63) is 75.0 Å². The molecule has 0 bridgehead atoms. The van der Waals surface area contributed by atoms with E-state index in [1.54, 1.807) is 35.8 Å². The van der Waals surface area contributed by atoms with E-state index in [1.807, 2.05) is 6.07 Å². The van der Waals surface area contributed by atoms with E-state index < -0.39 is 22.5 Å². The number of hydrogen-bond acceptors (Lipinski definition) is 7. The van der Waals surface area contributed by atoms with Crippen molar-refractivity contribution < 1.29 is 17.9 Å². The van der Waals surface area contributed by atoms with Gasteiger partial charge < -0.3 is 4.74 Å². The zero-order chi connectivity index (χ0) is 19.3. The molecule has 0 aliphatic carbocycles. The summed E-state index contributed by atoms with van der Waals surface area (Å²) in [5.74, 6) is -0.778. The van der Waals surface area contributed by atoms with Crippen molar-refractivity contribution in [2.75, 3.05) is 6.54 Å². The number of fused-ring (bicyclic) bond motifs is 1. The van der Waals surface area contributed by atoms with Gasteiger partial charge in [0.2, 0.25) is 10.0 Å². The number of sulfonamides is 1. The first-order chi connectivity index (χ1) is 12.9. The first kappa shape index (κ1) is 19.0. The third-order valence-corrected chi connectivity index (χ3v) is 5.19. The molecule has 0 atom stereocenters. The minimum absolute atomic E-state index is 0.218. The summed E-state index contributed by atoms with van der Waals surface area (Å²) in [4.78, 5) is 28.3. The van der Waals surface area contributed by atoms with Gasteiger partial charge in [-0.15, -0.1) is 11.3 Å². The van der Waals surface area contributed by atoms with Gasteiger partial charge in [0.25, 0.3) is 5.56 Å². The smallest absolute Gasteiger partial charge is 0.321 e. The Bertz CT molecular complexity index is 1130. The SMILES string of the molecule is O=C(CNS(=O)(=O)/C=C/c1ccccc1)OCc1cc(=O)n2ccsc2n1. The number of ether oxygens (including phenoxy) is 1. The molecule has 0 spiro atoms. The van der Waals surface area contributed by atoms with Crippen LogP contribution < -0.4 is 10.3 Å². The predicted octanol–water partition coefficient (Wildman–Crippen LogP) is 1.39. The maximum Gasteiger partial charge on any atom is 0.321 e. The van der Waals surface area contributed by atoms with Crippen LogP contribution in [0.1, 0.15) is 11.3 Å². The quantitative estimate of drug-likeness (QED) is 0.596. The molecule has 3 aromatic rings. The first-order valence-electron chi connectivity index (χ1n) is 7.77. The number of carbonyl (C=O) groups excluding carboxylic acids is 1. The highest BCUT2D eigenvalue weighted by molar-refractivity contribution is 7.92. The molecule has 8 nitrogen and oxygen atoms in total. The van der Waals surface area contributed by atoms with E-state index in [0.29, 0.717) is 16.2 Å². The number of aromatic nitrogens is 2. The van der Waals surface area contributed by atoms with E-state index >= 15 is 0 Å². The lowest BCUT2D eigenvalue weighted by Gasteiger charge is -2.05. The minimum atomic E-state index is -3.78. The number of hydrogen-bond donors (Lipinski definition) is 1. The number of thiazole rings is 1. The summed E-state index contributed by atoms with van der Waals surface area (Å²) < 4.78 is 32.2. The van der Waals surface area contributed by atoms with Gasteiger partial charge in [-0.1, -0.05) is 30.3 Å². The van der Waals surface area contributed by atoms with Gasteiger partial charge in [-0.25, -0.2) is 18.1 Å². The second-order valence-electron chi connectivity index (χ2n) is 5.38. The number of rotatable bonds is 7. The number of carbonyl (C=O) groups is 1. The molecule has 1 N–H and O–H groups in total. The van der Waals surface area contributed by atoms with Gasteiger partial charge in [0, 0.05) is 23.1 Å². The fraction of sp³-hybridized carbons (Fsp3) is 0.118. The number of esters is 1. The Kier molecular flexibility index (Phi) is 5.79. The van der Waals surface area contributed by atoms with Crippen LogP contribution in [0.5, 0.6) is 0 Å². The first-order valence-corrected chi connectivity index (χ1v) is 10.2.